The van der Waals surface area contributed by atoms with Crippen molar-refractivity contribution in [2.75, 3.05) is 0 Å². The quantitative estimate of drug-likeness (QED) is 0.156. The normalized spacial score (nSPS) is 11.2. The number of pyridine rings is 1. The van der Waals surface area contributed by atoms with Crippen molar-refractivity contribution in [1.29, 1.82) is 0 Å². The zero-order valence-electron chi connectivity index (χ0n) is 31.4. The standard InChI is InChI=1S/C39H33N2O.C11H8N.Ir/c1-26-21-30(28-13-7-5-8-14-28)37(31(22-26)29-15-9-6-10-16-29)41-35-18-12-11-17-34(35)40-38(41)33-25-42-36-20-19-27(23-32(33)36)24-39(2,3)4;1-2-6-10(7-3-1)11-8-4-5-9-12-11;/h5-23H,24H2,1-4H3;1-6,8-9H;/q2*-1;. The van der Waals surface area contributed by atoms with Gasteiger partial charge in [0.2, 0.25) is 0 Å². The van der Waals surface area contributed by atoms with E-state index in [4.69, 9.17) is 9.40 Å². The summed E-state index contributed by atoms with van der Waals surface area (Å²) in [6, 6.07) is 57.5. The Morgan fingerprint density at radius 3 is 1.98 bits per heavy atom. The molecule has 1 radical (unpaired) electrons. The predicted molar refractivity (Wildman–Crippen MR) is 222 cm³/mol. The minimum absolute atomic E-state index is 0. The summed E-state index contributed by atoms with van der Waals surface area (Å²) in [7, 11) is 0. The first-order valence-corrected chi connectivity index (χ1v) is 18.4. The first kappa shape index (κ1) is 37.4. The van der Waals surface area contributed by atoms with E-state index in [9.17, 15) is 0 Å². The zero-order valence-corrected chi connectivity index (χ0v) is 33.8. The number of imidazole rings is 1. The van der Waals surface area contributed by atoms with Crippen LogP contribution in [0.5, 0.6) is 0 Å². The van der Waals surface area contributed by atoms with Gasteiger partial charge in [-0.25, -0.2) is 0 Å². The van der Waals surface area contributed by atoms with Gasteiger partial charge in [0.25, 0.3) is 0 Å². The van der Waals surface area contributed by atoms with Gasteiger partial charge in [0.15, 0.2) is 0 Å². The van der Waals surface area contributed by atoms with Crippen molar-refractivity contribution in [3.8, 4) is 50.6 Å². The second-order valence-electron chi connectivity index (χ2n) is 14.8. The van der Waals surface area contributed by atoms with Gasteiger partial charge in [-0.1, -0.05) is 140 Å². The predicted octanol–water partition coefficient (Wildman–Crippen LogP) is 13.0. The largest absolute Gasteiger partial charge is 0.557 e. The van der Waals surface area contributed by atoms with Gasteiger partial charge in [0.1, 0.15) is 0 Å². The molecule has 0 saturated carbocycles. The molecule has 55 heavy (non-hydrogen) atoms. The molecule has 4 nitrogen and oxygen atoms in total. The first-order valence-electron chi connectivity index (χ1n) is 18.4. The van der Waals surface area contributed by atoms with Gasteiger partial charge in [0.05, 0.1) is 22.5 Å². The number of aromatic nitrogens is 3. The molecule has 0 atom stereocenters. The number of benzene rings is 6. The van der Waals surface area contributed by atoms with E-state index in [-0.39, 0.29) is 25.5 Å². The molecule has 3 aromatic heterocycles. The van der Waals surface area contributed by atoms with E-state index in [0.29, 0.717) is 0 Å². The second-order valence-corrected chi connectivity index (χ2v) is 14.8. The Labute approximate surface area is 336 Å². The maximum Gasteiger partial charge on any atom is 0.0774 e. The Kier molecular flexibility index (Phi) is 11.1. The summed E-state index contributed by atoms with van der Waals surface area (Å²) in [6.45, 7) is 8.98. The van der Waals surface area contributed by atoms with E-state index in [1.807, 2.05) is 48.5 Å². The van der Waals surface area contributed by atoms with E-state index < -0.39 is 0 Å². The fourth-order valence-corrected chi connectivity index (χ4v) is 7.10. The molecule has 0 bridgehead atoms. The molecular formula is C50H41IrN3O-2. The molecular weight excluding hydrogens is 851 g/mol. The van der Waals surface area contributed by atoms with E-state index in [2.05, 4.69) is 159 Å². The van der Waals surface area contributed by atoms with Gasteiger partial charge in [-0.3, -0.25) is 4.98 Å². The molecule has 0 unspecified atom stereocenters. The summed E-state index contributed by atoms with van der Waals surface area (Å²) >= 11 is 0. The maximum atomic E-state index is 6.05. The average Bonchev–Trinajstić information content (AvgIpc) is 3.80. The van der Waals surface area contributed by atoms with Crippen molar-refractivity contribution >= 4 is 22.0 Å². The maximum absolute atomic E-state index is 6.05. The van der Waals surface area contributed by atoms with Gasteiger partial charge >= 0.3 is 0 Å². The van der Waals surface area contributed by atoms with Crippen LogP contribution in [0.4, 0.5) is 0 Å². The van der Waals surface area contributed by atoms with Gasteiger partial charge in [-0.2, -0.15) is 0 Å². The van der Waals surface area contributed by atoms with Crippen molar-refractivity contribution in [1.82, 2.24) is 14.5 Å². The Balaban J connectivity index is 0.000000305. The van der Waals surface area contributed by atoms with Crippen molar-refractivity contribution in [2.24, 2.45) is 5.41 Å². The van der Waals surface area contributed by atoms with E-state index in [1.54, 1.807) is 6.20 Å². The molecule has 3 heterocycles. The summed E-state index contributed by atoms with van der Waals surface area (Å²) in [6.07, 6.45) is 6.02. The minimum Gasteiger partial charge on any atom is -0.557 e. The van der Waals surface area contributed by atoms with Crippen LogP contribution in [0.3, 0.4) is 0 Å². The molecule has 0 spiro atoms. The van der Waals surface area contributed by atoms with Crippen molar-refractivity contribution < 1.29 is 24.5 Å². The minimum atomic E-state index is 0. The van der Waals surface area contributed by atoms with Crippen molar-refractivity contribution in [2.45, 2.75) is 34.1 Å². The number of nitrogens with zero attached hydrogens (tertiary/aromatic N) is 3. The molecule has 6 aromatic carbocycles. The third-order valence-electron chi connectivity index (χ3n) is 9.39. The molecule has 0 amide bonds. The molecule has 9 aromatic rings. The number of rotatable bonds is 6. The molecule has 0 fully saturated rings. The van der Waals surface area contributed by atoms with Gasteiger partial charge in [-0.05, 0) is 71.5 Å². The first-order chi connectivity index (χ1) is 26.3. The number of hydrogen-bond acceptors (Lipinski definition) is 3. The third-order valence-corrected chi connectivity index (χ3v) is 9.39. The number of aryl methyl sites for hydroxylation is 1. The summed E-state index contributed by atoms with van der Waals surface area (Å²) in [4.78, 5) is 9.47. The van der Waals surface area contributed by atoms with Crippen LogP contribution in [0.1, 0.15) is 31.9 Å². The number of hydrogen-bond donors (Lipinski definition) is 0. The fraction of sp³-hybridized carbons (Fsp3) is 0.120. The van der Waals surface area contributed by atoms with Crippen LogP contribution in [0.15, 0.2) is 168 Å². The molecule has 0 N–H and O–H groups in total. The van der Waals surface area contributed by atoms with Crippen molar-refractivity contribution in [3.05, 3.63) is 187 Å². The Morgan fingerprint density at radius 2 is 1.35 bits per heavy atom. The van der Waals surface area contributed by atoms with Gasteiger partial charge in [-0.15, -0.1) is 35.9 Å². The van der Waals surface area contributed by atoms with Crippen LogP contribution >= 0.6 is 0 Å². The third kappa shape index (κ3) is 8.15. The number of furan rings is 1. The van der Waals surface area contributed by atoms with Crippen LogP contribution in [0.2, 0.25) is 0 Å². The van der Waals surface area contributed by atoms with Crippen LogP contribution in [-0.4, -0.2) is 14.5 Å². The topological polar surface area (TPSA) is 43.9 Å². The molecule has 273 valence electrons. The molecule has 0 saturated heterocycles. The Morgan fingerprint density at radius 1 is 0.691 bits per heavy atom. The Bertz CT molecular complexity index is 2560. The molecule has 5 heteroatoms. The van der Waals surface area contributed by atoms with Crippen molar-refractivity contribution in [3.63, 3.8) is 0 Å². The van der Waals surface area contributed by atoms with E-state index in [1.165, 1.54) is 11.1 Å². The smallest absolute Gasteiger partial charge is 0.0774 e. The molecule has 0 aliphatic carbocycles. The SMILES string of the molecule is Cc1cc(-c2ccccc2)c(-n2c(-c3[c-]oc4ccc(CC(C)(C)C)cc34)nc3ccccc32)c(-c2ccccc2)c1.[Ir].[c-]1ccccc1-c1ccccn1. The second kappa shape index (κ2) is 16.2. The van der Waals surface area contributed by atoms with E-state index >= 15 is 0 Å². The monoisotopic (exact) mass is 892 g/mol. The molecule has 0 aliphatic rings. The van der Waals surface area contributed by atoms with Gasteiger partial charge < -0.3 is 14.0 Å². The molecule has 9 rings (SSSR count). The van der Waals surface area contributed by atoms with Crippen LogP contribution in [0, 0.1) is 24.7 Å². The molecule has 0 aliphatic heterocycles. The zero-order chi connectivity index (χ0) is 37.1. The summed E-state index contributed by atoms with van der Waals surface area (Å²) < 4.78 is 8.36. The van der Waals surface area contributed by atoms with Crippen LogP contribution in [-0.2, 0) is 26.5 Å². The summed E-state index contributed by atoms with van der Waals surface area (Å²) in [5, 5.41) is 1.03. The van der Waals surface area contributed by atoms with Crippen LogP contribution in [0.25, 0.3) is 72.6 Å². The number of fused-ring (bicyclic) bond motifs is 2. The van der Waals surface area contributed by atoms with Crippen LogP contribution < -0.4 is 0 Å². The summed E-state index contributed by atoms with van der Waals surface area (Å²) in [5.74, 6) is 0.820. The summed E-state index contributed by atoms with van der Waals surface area (Å²) in [5.41, 5.74) is 14.0. The Hall–Kier alpha value is -5.87. The van der Waals surface area contributed by atoms with Gasteiger partial charge in [0, 0.05) is 49.3 Å². The fourth-order valence-electron chi connectivity index (χ4n) is 7.10. The number of para-hydroxylation sites is 2. The van der Waals surface area contributed by atoms with E-state index in [0.717, 1.165) is 79.0 Å². The average molecular weight is 892 g/mol.